The first kappa shape index (κ1) is 50.2. The number of hydrazone groups is 1. The second-order valence-corrected chi connectivity index (χ2v) is 19.0. The van der Waals surface area contributed by atoms with E-state index in [1.807, 2.05) is 24.6 Å². The Morgan fingerprint density at radius 1 is 0.828 bits per heavy atom. The number of amides is 3. The molecule has 2 N–H and O–H groups in total. The van der Waals surface area contributed by atoms with Crippen molar-refractivity contribution >= 4 is 75.4 Å². The highest BCUT2D eigenvalue weighted by molar-refractivity contribution is 6.43. The molecule has 0 spiro atoms. The lowest BCUT2D eigenvalue weighted by molar-refractivity contribution is -0.118. The molecular formula is C49H63Cl3N8O4. The number of anilines is 2. The summed E-state index contributed by atoms with van der Waals surface area (Å²) in [6.07, 6.45) is 11.5. The molecule has 0 radical (unpaired) electrons. The summed E-state index contributed by atoms with van der Waals surface area (Å²) >= 11 is 19.2. The van der Waals surface area contributed by atoms with Gasteiger partial charge in [-0.2, -0.15) is 20.3 Å². The molecule has 1 atom stereocenters. The maximum absolute atomic E-state index is 14.1. The van der Waals surface area contributed by atoms with Crippen LogP contribution in [0.4, 0.5) is 17.1 Å². The summed E-state index contributed by atoms with van der Waals surface area (Å²) in [6.45, 7) is 19.6. The molecule has 0 aliphatic carbocycles. The van der Waals surface area contributed by atoms with Crippen LogP contribution in [-0.2, 0) is 27.0 Å². The Labute approximate surface area is 393 Å². The van der Waals surface area contributed by atoms with Gasteiger partial charge >= 0.3 is 0 Å². The third kappa shape index (κ3) is 12.5. The Bertz CT molecular complexity index is 2350. The third-order valence-corrected chi connectivity index (χ3v) is 13.0. The minimum Gasteiger partial charge on any atom is -0.483 e. The van der Waals surface area contributed by atoms with Crippen molar-refractivity contribution in [2.24, 2.45) is 15.3 Å². The van der Waals surface area contributed by atoms with E-state index >= 15 is 0 Å². The highest BCUT2D eigenvalue weighted by Gasteiger charge is 2.40. The van der Waals surface area contributed by atoms with Crippen LogP contribution < -0.4 is 20.4 Å². The standard InChI is InChI=1S/C49H63Cl3N8O4/c1-10-13-14-15-16-17-18-19-25-59-32(5)42(31(4)57-59)55-56-43-45(58-60(47(43)63)44-38(51)28-35(50)29-39(44)52)54-46(62)33-21-20-22-36(26-33)53-41(61)30-64-40-24-23-34(48(6,7)11-2)27-37(40)49(8,9)12-3/h20-24,26-29,43H,10-19,25,30H2,1-9H3,(H,53,61)(H,54,58,62)/t43-/m0/s1. The van der Waals surface area contributed by atoms with Gasteiger partial charge in [0, 0.05) is 28.4 Å². The molecule has 3 amide bonds. The Hall–Kier alpha value is -4.78. The van der Waals surface area contributed by atoms with Crippen molar-refractivity contribution in [3.05, 3.63) is 97.7 Å². The number of hydrogen-bond acceptors (Lipinski definition) is 8. The molecule has 2 heterocycles. The smallest absolute Gasteiger partial charge is 0.282 e. The fourth-order valence-corrected chi connectivity index (χ4v) is 8.34. The Balaban J connectivity index is 1.32. The summed E-state index contributed by atoms with van der Waals surface area (Å²) in [5.74, 6) is -1.12. The zero-order valence-corrected chi connectivity index (χ0v) is 41.0. The first-order valence-corrected chi connectivity index (χ1v) is 23.5. The van der Waals surface area contributed by atoms with Crippen LogP contribution in [0, 0.1) is 13.8 Å². The van der Waals surface area contributed by atoms with Gasteiger partial charge in [0.1, 0.15) is 17.1 Å². The number of nitrogens with zero attached hydrogens (tertiary/aromatic N) is 6. The maximum atomic E-state index is 14.1. The van der Waals surface area contributed by atoms with Crippen LogP contribution in [0.2, 0.25) is 15.1 Å². The lowest BCUT2D eigenvalue weighted by Gasteiger charge is -2.30. The molecule has 0 saturated carbocycles. The predicted molar refractivity (Wildman–Crippen MR) is 260 cm³/mol. The zero-order valence-electron chi connectivity index (χ0n) is 38.7. The second-order valence-electron chi connectivity index (χ2n) is 17.7. The molecule has 5 rings (SSSR count). The van der Waals surface area contributed by atoms with E-state index in [2.05, 4.69) is 86.6 Å². The molecule has 0 unspecified atom stereocenters. The van der Waals surface area contributed by atoms with Gasteiger partial charge in [-0.05, 0) is 85.9 Å². The summed E-state index contributed by atoms with van der Waals surface area (Å²) in [4.78, 5) is 41.2. The molecule has 64 heavy (non-hydrogen) atoms. The molecule has 0 saturated heterocycles. The number of unbranched alkanes of at least 4 members (excludes halogenated alkanes) is 7. The van der Waals surface area contributed by atoms with Gasteiger partial charge in [0.05, 0.1) is 21.4 Å². The van der Waals surface area contributed by atoms with Gasteiger partial charge in [0.25, 0.3) is 17.7 Å². The number of carbonyl (C=O) groups excluding carboxylic acids is 3. The van der Waals surface area contributed by atoms with Crippen molar-refractivity contribution in [3.63, 3.8) is 0 Å². The molecule has 4 aromatic rings. The number of benzene rings is 3. The SMILES string of the molecule is CCCCCCCCCCn1nc(C)c(N=N[C@@H]2C(=O)N(c3c(Cl)cc(Cl)cc3Cl)N=C2NC(=O)c2cccc(NC(=O)COc3ccc(C(C)(C)CC)cc3C(C)(C)CC)c2)c1C. The normalized spacial score (nSPS) is 14.4. The summed E-state index contributed by atoms with van der Waals surface area (Å²) in [7, 11) is 0. The average molecular weight is 934 g/mol. The number of azo groups is 1. The van der Waals surface area contributed by atoms with Gasteiger partial charge in [-0.1, -0.05) is 146 Å². The van der Waals surface area contributed by atoms with E-state index in [0.717, 1.165) is 48.5 Å². The fourth-order valence-electron chi connectivity index (χ4n) is 7.37. The van der Waals surface area contributed by atoms with Crippen molar-refractivity contribution in [1.82, 2.24) is 15.1 Å². The van der Waals surface area contributed by atoms with Crippen molar-refractivity contribution in [2.75, 3.05) is 16.9 Å². The Morgan fingerprint density at radius 2 is 1.48 bits per heavy atom. The lowest BCUT2D eigenvalue weighted by atomic mass is 9.76. The van der Waals surface area contributed by atoms with E-state index in [1.54, 1.807) is 18.2 Å². The molecule has 1 aliphatic heterocycles. The van der Waals surface area contributed by atoms with Crippen LogP contribution in [0.5, 0.6) is 5.75 Å². The Morgan fingerprint density at radius 3 is 2.14 bits per heavy atom. The van der Waals surface area contributed by atoms with Crippen molar-refractivity contribution in [1.29, 1.82) is 0 Å². The van der Waals surface area contributed by atoms with Crippen molar-refractivity contribution in [2.45, 2.75) is 150 Å². The van der Waals surface area contributed by atoms with Crippen LogP contribution in [-0.4, -0.2) is 46.0 Å². The topological polar surface area (TPSA) is 143 Å². The van der Waals surface area contributed by atoms with E-state index in [0.29, 0.717) is 22.8 Å². The first-order valence-electron chi connectivity index (χ1n) is 22.4. The van der Waals surface area contributed by atoms with E-state index < -0.39 is 23.8 Å². The molecule has 0 fully saturated rings. The van der Waals surface area contributed by atoms with Crippen molar-refractivity contribution in [3.8, 4) is 5.75 Å². The number of rotatable bonds is 21. The monoisotopic (exact) mass is 932 g/mol. The van der Waals surface area contributed by atoms with Crippen LogP contribution in [0.25, 0.3) is 0 Å². The van der Waals surface area contributed by atoms with Gasteiger partial charge in [-0.3, -0.25) is 19.1 Å². The highest BCUT2D eigenvalue weighted by atomic mass is 35.5. The number of aromatic nitrogens is 2. The summed E-state index contributed by atoms with van der Waals surface area (Å²) in [6, 6.07) is 14.1. The molecule has 1 aromatic heterocycles. The van der Waals surface area contributed by atoms with Gasteiger partial charge in [0.2, 0.25) is 6.04 Å². The largest absolute Gasteiger partial charge is 0.483 e. The summed E-state index contributed by atoms with van der Waals surface area (Å²) < 4.78 is 8.05. The quantitative estimate of drug-likeness (QED) is 0.0632. The van der Waals surface area contributed by atoms with Crippen LogP contribution in [0.1, 0.15) is 146 Å². The lowest BCUT2D eigenvalue weighted by Crippen LogP contribution is -2.39. The minimum absolute atomic E-state index is 0.0103. The highest BCUT2D eigenvalue weighted by Crippen LogP contribution is 2.40. The van der Waals surface area contributed by atoms with E-state index in [1.165, 1.54) is 62.3 Å². The number of aryl methyl sites for hydroxylation is 2. The van der Waals surface area contributed by atoms with Gasteiger partial charge in [-0.15, -0.1) is 5.10 Å². The maximum Gasteiger partial charge on any atom is 0.282 e. The number of amidine groups is 1. The number of hydrogen-bond donors (Lipinski definition) is 2. The molecule has 0 bridgehead atoms. The van der Waals surface area contributed by atoms with Crippen LogP contribution in [0.15, 0.2) is 69.9 Å². The predicted octanol–water partition coefficient (Wildman–Crippen LogP) is 13.2. The number of nitrogens with one attached hydrogen (secondary N) is 2. The van der Waals surface area contributed by atoms with Gasteiger partial charge < -0.3 is 15.4 Å². The minimum atomic E-state index is -1.37. The fraction of sp³-hybridized carbons (Fsp3) is 0.490. The molecule has 344 valence electrons. The molecule has 15 heteroatoms. The zero-order chi connectivity index (χ0) is 46.8. The van der Waals surface area contributed by atoms with E-state index in [9.17, 15) is 14.4 Å². The summed E-state index contributed by atoms with van der Waals surface area (Å²) in [5.41, 5.74) is 4.67. The number of carbonyl (C=O) groups is 3. The molecule has 12 nitrogen and oxygen atoms in total. The van der Waals surface area contributed by atoms with E-state index in [-0.39, 0.29) is 49.6 Å². The van der Waals surface area contributed by atoms with Crippen LogP contribution in [0.3, 0.4) is 0 Å². The van der Waals surface area contributed by atoms with Gasteiger partial charge in [-0.25, -0.2) is 0 Å². The average Bonchev–Trinajstić information content (AvgIpc) is 3.70. The second kappa shape index (κ2) is 22.4. The Kier molecular flexibility index (Phi) is 17.6. The molecular weight excluding hydrogens is 871 g/mol. The van der Waals surface area contributed by atoms with Crippen LogP contribution >= 0.6 is 34.8 Å². The molecule has 3 aromatic carbocycles. The van der Waals surface area contributed by atoms with Gasteiger partial charge in [0.15, 0.2) is 12.4 Å². The number of ether oxygens (including phenoxy) is 1. The summed E-state index contributed by atoms with van der Waals surface area (Å²) in [5, 5.41) is 25.1. The molecule has 1 aliphatic rings. The third-order valence-electron chi connectivity index (χ3n) is 12.2. The van der Waals surface area contributed by atoms with Crippen molar-refractivity contribution < 1.29 is 19.1 Å². The number of halogens is 3. The first-order chi connectivity index (χ1) is 30.4. The van der Waals surface area contributed by atoms with E-state index in [4.69, 9.17) is 44.6 Å².